The third-order valence-electron chi connectivity index (χ3n) is 7.13. The number of pyridine rings is 1. The van der Waals surface area contributed by atoms with E-state index in [0.717, 1.165) is 43.2 Å². The molecule has 140 valence electrons. The molecule has 6 rings (SSSR count). The first-order valence-corrected chi connectivity index (χ1v) is 10.3. The average Bonchev–Trinajstić information content (AvgIpc) is 2.66. The molecule has 5 nitrogen and oxygen atoms in total. The van der Waals surface area contributed by atoms with E-state index in [1.165, 1.54) is 38.5 Å². The van der Waals surface area contributed by atoms with Gasteiger partial charge >= 0.3 is 0 Å². The van der Waals surface area contributed by atoms with E-state index < -0.39 is 0 Å². The summed E-state index contributed by atoms with van der Waals surface area (Å²) in [6.45, 7) is 3.83. The number of morpholine rings is 1. The van der Waals surface area contributed by atoms with Crippen molar-refractivity contribution >= 4 is 11.7 Å². The third kappa shape index (κ3) is 3.00. The highest BCUT2D eigenvalue weighted by molar-refractivity contribution is 5.98. The fourth-order valence-electron chi connectivity index (χ4n) is 6.47. The molecule has 5 fully saturated rings. The van der Waals surface area contributed by atoms with Gasteiger partial charge in [-0.25, -0.2) is 4.98 Å². The second-order valence-electron chi connectivity index (χ2n) is 9.07. The van der Waals surface area contributed by atoms with E-state index in [2.05, 4.69) is 15.2 Å². The van der Waals surface area contributed by atoms with Gasteiger partial charge < -0.3 is 15.0 Å². The predicted molar refractivity (Wildman–Crippen MR) is 100 cm³/mol. The molecular weight excluding hydrogens is 326 g/mol. The number of aromatic nitrogens is 1. The van der Waals surface area contributed by atoms with Crippen molar-refractivity contribution in [2.75, 3.05) is 37.7 Å². The Bertz CT molecular complexity index is 648. The summed E-state index contributed by atoms with van der Waals surface area (Å²) < 4.78 is 5.44. The van der Waals surface area contributed by atoms with Crippen molar-refractivity contribution in [1.29, 1.82) is 0 Å². The minimum atomic E-state index is 0.0373. The monoisotopic (exact) mass is 355 g/mol. The predicted octanol–water partition coefficient (Wildman–Crippen LogP) is 2.86. The molecule has 1 amide bonds. The van der Waals surface area contributed by atoms with Crippen molar-refractivity contribution in [3.05, 3.63) is 23.9 Å². The van der Waals surface area contributed by atoms with Crippen molar-refractivity contribution in [2.45, 2.75) is 38.5 Å². The van der Waals surface area contributed by atoms with Crippen molar-refractivity contribution in [3.63, 3.8) is 0 Å². The highest BCUT2D eigenvalue weighted by Crippen LogP contribution is 2.59. The van der Waals surface area contributed by atoms with Crippen molar-refractivity contribution in [1.82, 2.24) is 10.3 Å². The Morgan fingerprint density at radius 1 is 1.15 bits per heavy atom. The standard InChI is InChI=1S/C21H29N3O2/c25-20(18-2-1-3-22-19(18)24-4-6-26-7-5-24)23-14-21-11-15-8-16(12-21)10-17(9-15)13-21/h1-3,15-17H,4-14H2,(H,23,25). The molecule has 2 heterocycles. The fraction of sp³-hybridized carbons (Fsp3) is 0.714. The maximum absolute atomic E-state index is 13.0. The van der Waals surface area contributed by atoms with Crippen LogP contribution in [-0.4, -0.2) is 43.7 Å². The van der Waals surface area contributed by atoms with Gasteiger partial charge in [0.05, 0.1) is 18.8 Å². The van der Waals surface area contributed by atoms with Crippen LogP contribution < -0.4 is 10.2 Å². The summed E-state index contributed by atoms with van der Waals surface area (Å²) >= 11 is 0. The second-order valence-corrected chi connectivity index (χ2v) is 9.07. The smallest absolute Gasteiger partial charge is 0.255 e. The van der Waals surface area contributed by atoms with Crippen LogP contribution in [0.5, 0.6) is 0 Å². The molecule has 0 unspecified atom stereocenters. The van der Waals surface area contributed by atoms with Crippen molar-refractivity contribution in [2.24, 2.45) is 23.2 Å². The van der Waals surface area contributed by atoms with Gasteiger partial charge in [-0.2, -0.15) is 0 Å². The zero-order chi connectivity index (χ0) is 17.6. The van der Waals surface area contributed by atoms with E-state index in [0.29, 0.717) is 24.2 Å². The summed E-state index contributed by atoms with van der Waals surface area (Å²) in [6.07, 6.45) is 10.1. The zero-order valence-electron chi connectivity index (χ0n) is 15.5. The van der Waals surface area contributed by atoms with E-state index in [-0.39, 0.29) is 5.91 Å². The lowest BCUT2D eigenvalue weighted by molar-refractivity contribution is -0.0503. The maximum Gasteiger partial charge on any atom is 0.255 e. The van der Waals surface area contributed by atoms with Crippen LogP contribution in [0.1, 0.15) is 48.9 Å². The van der Waals surface area contributed by atoms with E-state index in [1.807, 2.05) is 12.1 Å². The summed E-state index contributed by atoms with van der Waals surface area (Å²) in [7, 11) is 0. The van der Waals surface area contributed by atoms with Gasteiger partial charge in [0.2, 0.25) is 0 Å². The van der Waals surface area contributed by atoms with Crippen molar-refractivity contribution < 1.29 is 9.53 Å². The molecule has 1 aromatic rings. The van der Waals surface area contributed by atoms with Gasteiger partial charge in [0.25, 0.3) is 5.91 Å². The topological polar surface area (TPSA) is 54.5 Å². The molecule has 0 aromatic carbocycles. The van der Waals surface area contributed by atoms with Gasteiger partial charge in [0, 0.05) is 25.8 Å². The van der Waals surface area contributed by atoms with Crippen LogP contribution in [0.25, 0.3) is 0 Å². The van der Waals surface area contributed by atoms with Crippen LogP contribution in [0.4, 0.5) is 5.82 Å². The lowest BCUT2D eigenvalue weighted by Crippen LogP contribution is -2.51. The largest absolute Gasteiger partial charge is 0.378 e. The summed E-state index contributed by atoms with van der Waals surface area (Å²) in [6, 6.07) is 3.77. The molecule has 1 N–H and O–H groups in total. The number of carbonyl (C=O) groups excluding carboxylic acids is 1. The number of ether oxygens (including phenoxy) is 1. The molecule has 4 bridgehead atoms. The lowest BCUT2D eigenvalue weighted by atomic mass is 9.49. The van der Waals surface area contributed by atoms with Gasteiger partial charge in [-0.1, -0.05) is 0 Å². The summed E-state index contributed by atoms with van der Waals surface area (Å²) in [4.78, 5) is 19.7. The zero-order valence-corrected chi connectivity index (χ0v) is 15.5. The molecule has 0 radical (unpaired) electrons. The first-order chi connectivity index (χ1) is 12.7. The molecule has 0 spiro atoms. The molecule has 1 saturated heterocycles. The van der Waals surface area contributed by atoms with Gasteiger partial charge in [0.15, 0.2) is 0 Å². The molecular formula is C21H29N3O2. The van der Waals surface area contributed by atoms with Crippen LogP contribution in [0.3, 0.4) is 0 Å². The fourth-order valence-corrected chi connectivity index (χ4v) is 6.47. The van der Waals surface area contributed by atoms with Gasteiger partial charge in [0.1, 0.15) is 5.82 Å². The normalized spacial score (nSPS) is 35.5. The minimum Gasteiger partial charge on any atom is -0.378 e. The Balaban J connectivity index is 1.29. The van der Waals surface area contributed by atoms with Crippen LogP contribution in [0, 0.1) is 23.2 Å². The number of hydrogen-bond acceptors (Lipinski definition) is 4. The van der Waals surface area contributed by atoms with Gasteiger partial charge in [-0.3, -0.25) is 4.79 Å². The molecule has 5 heteroatoms. The summed E-state index contributed by atoms with van der Waals surface area (Å²) in [5.41, 5.74) is 1.07. The van der Waals surface area contributed by atoms with Crippen LogP contribution >= 0.6 is 0 Å². The molecule has 5 aliphatic rings. The first kappa shape index (κ1) is 16.5. The molecule has 1 aromatic heterocycles. The Kier molecular flexibility index (Phi) is 4.15. The molecule has 26 heavy (non-hydrogen) atoms. The molecule has 4 saturated carbocycles. The van der Waals surface area contributed by atoms with Gasteiger partial charge in [-0.15, -0.1) is 0 Å². The number of nitrogens with zero attached hydrogens (tertiary/aromatic N) is 2. The number of nitrogens with one attached hydrogen (secondary N) is 1. The quantitative estimate of drug-likeness (QED) is 0.902. The molecule has 0 atom stereocenters. The average molecular weight is 355 g/mol. The molecule has 4 aliphatic carbocycles. The number of anilines is 1. The van der Waals surface area contributed by atoms with Gasteiger partial charge in [-0.05, 0) is 73.8 Å². The first-order valence-electron chi connectivity index (χ1n) is 10.3. The number of hydrogen-bond donors (Lipinski definition) is 1. The Hall–Kier alpha value is -1.62. The Morgan fingerprint density at radius 3 is 2.46 bits per heavy atom. The third-order valence-corrected chi connectivity index (χ3v) is 7.13. The SMILES string of the molecule is O=C(NCC12CC3CC(CC(C3)C1)C2)c1cccnc1N1CCOCC1. The van der Waals surface area contributed by atoms with Crippen LogP contribution in [0.2, 0.25) is 0 Å². The second kappa shape index (κ2) is 6.52. The lowest BCUT2D eigenvalue weighted by Gasteiger charge is -2.56. The van der Waals surface area contributed by atoms with E-state index in [1.54, 1.807) is 6.20 Å². The van der Waals surface area contributed by atoms with Crippen LogP contribution in [-0.2, 0) is 4.74 Å². The van der Waals surface area contributed by atoms with E-state index in [4.69, 9.17) is 4.74 Å². The van der Waals surface area contributed by atoms with Crippen molar-refractivity contribution in [3.8, 4) is 0 Å². The summed E-state index contributed by atoms with van der Waals surface area (Å²) in [5, 5.41) is 3.30. The van der Waals surface area contributed by atoms with Crippen LogP contribution in [0.15, 0.2) is 18.3 Å². The number of rotatable bonds is 4. The van der Waals surface area contributed by atoms with E-state index >= 15 is 0 Å². The Labute approximate surface area is 155 Å². The highest BCUT2D eigenvalue weighted by Gasteiger charge is 2.50. The number of carbonyl (C=O) groups is 1. The minimum absolute atomic E-state index is 0.0373. The number of amides is 1. The highest BCUT2D eigenvalue weighted by atomic mass is 16.5. The Morgan fingerprint density at radius 2 is 1.81 bits per heavy atom. The molecule has 1 aliphatic heterocycles. The summed E-state index contributed by atoms with van der Waals surface area (Å²) in [5.74, 6) is 3.59. The van der Waals surface area contributed by atoms with E-state index in [9.17, 15) is 4.79 Å². The maximum atomic E-state index is 13.0.